The van der Waals surface area contributed by atoms with Crippen LogP contribution in [0.5, 0.6) is 0 Å². The van der Waals surface area contributed by atoms with Crippen LogP contribution in [0.2, 0.25) is 0 Å². The van der Waals surface area contributed by atoms with Crippen molar-refractivity contribution in [2.24, 2.45) is 5.73 Å². The van der Waals surface area contributed by atoms with E-state index in [0.717, 1.165) is 11.1 Å². The highest BCUT2D eigenvalue weighted by atomic mass is 16.6. The number of aryl methyl sites for hydroxylation is 1. The first-order chi connectivity index (χ1) is 18.1. The van der Waals surface area contributed by atoms with Gasteiger partial charge < -0.3 is 26.0 Å². The highest BCUT2D eigenvalue weighted by Gasteiger charge is 2.42. The van der Waals surface area contributed by atoms with Crippen LogP contribution in [0.3, 0.4) is 0 Å². The molecular formula is C30H42N4O5. The average Bonchev–Trinajstić information content (AvgIpc) is 2.81. The van der Waals surface area contributed by atoms with Crippen LogP contribution in [-0.2, 0) is 25.7 Å². The number of hydrogen-bond acceptors (Lipinski definition) is 5. The molecule has 0 fully saturated rings. The maximum atomic E-state index is 14.2. The molecule has 0 saturated carbocycles. The third kappa shape index (κ3) is 10.1. The van der Waals surface area contributed by atoms with E-state index in [1.165, 1.54) is 4.90 Å². The van der Waals surface area contributed by atoms with Crippen LogP contribution in [0.25, 0.3) is 0 Å². The first-order valence-electron chi connectivity index (χ1n) is 13.1. The lowest BCUT2D eigenvalue weighted by molar-refractivity contribution is -0.148. The third-order valence-corrected chi connectivity index (χ3v) is 5.80. The third-order valence-electron chi connectivity index (χ3n) is 5.80. The number of ether oxygens (including phenoxy) is 1. The summed E-state index contributed by atoms with van der Waals surface area (Å²) < 4.78 is 5.37. The topological polar surface area (TPSA) is 131 Å². The Morgan fingerprint density at radius 3 is 2.13 bits per heavy atom. The molecule has 0 saturated heterocycles. The minimum atomic E-state index is -1.15. The number of alkyl carbamates (subject to hydrolysis) is 1. The number of benzene rings is 2. The summed E-state index contributed by atoms with van der Waals surface area (Å²) in [4.78, 5) is 53.8. The summed E-state index contributed by atoms with van der Waals surface area (Å²) in [7, 11) is 0. The number of hydrogen-bond donors (Lipinski definition) is 3. The maximum Gasteiger partial charge on any atom is 0.408 e. The van der Waals surface area contributed by atoms with Crippen molar-refractivity contribution in [2.75, 3.05) is 0 Å². The molecule has 9 nitrogen and oxygen atoms in total. The van der Waals surface area contributed by atoms with Gasteiger partial charge in [0.05, 0.1) is 0 Å². The number of primary amides is 1. The lowest BCUT2D eigenvalue weighted by Crippen LogP contribution is -2.58. The number of amides is 4. The molecule has 39 heavy (non-hydrogen) atoms. The molecule has 0 aliphatic rings. The van der Waals surface area contributed by atoms with Gasteiger partial charge in [-0.05, 0) is 66.0 Å². The normalized spacial score (nSPS) is 13.1. The fourth-order valence-corrected chi connectivity index (χ4v) is 4.15. The van der Waals surface area contributed by atoms with E-state index in [-0.39, 0.29) is 25.3 Å². The second-order valence-corrected chi connectivity index (χ2v) is 11.6. The van der Waals surface area contributed by atoms with E-state index in [2.05, 4.69) is 10.6 Å². The highest BCUT2D eigenvalue weighted by Crippen LogP contribution is 2.31. The zero-order valence-corrected chi connectivity index (χ0v) is 24.0. The molecule has 9 heteroatoms. The molecule has 2 aromatic rings. The largest absolute Gasteiger partial charge is 0.444 e. The van der Waals surface area contributed by atoms with Gasteiger partial charge in [-0.1, -0.05) is 60.2 Å². The van der Waals surface area contributed by atoms with Crippen LogP contribution in [-0.4, -0.2) is 45.9 Å². The Bertz CT molecular complexity index is 1150. The molecule has 0 aromatic heterocycles. The van der Waals surface area contributed by atoms with Crippen LogP contribution in [0.4, 0.5) is 4.79 Å². The van der Waals surface area contributed by atoms with Crippen molar-refractivity contribution in [1.82, 2.24) is 15.5 Å². The van der Waals surface area contributed by atoms with Gasteiger partial charge in [0.1, 0.15) is 17.7 Å². The van der Waals surface area contributed by atoms with E-state index >= 15 is 0 Å². The van der Waals surface area contributed by atoms with Crippen molar-refractivity contribution in [3.63, 3.8) is 0 Å². The van der Waals surface area contributed by atoms with Crippen LogP contribution >= 0.6 is 0 Å². The molecule has 0 aliphatic heterocycles. The monoisotopic (exact) mass is 538 g/mol. The van der Waals surface area contributed by atoms with Crippen molar-refractivity contribution >= 4 is 23.8 Å². The Labute approximate surface area is 231 Å². The number of carbonyl (C=O) groups is 4. The van der Waals surface area contributed by atoms with Gasteiger partial charge in [-0.3, -0.25) is 14.4 Å². The predicted octanol–water partition coefficient (Wildman–Crippen LogP) is 4.14. The highest BCUT2D eigenvalue weighted by molar-refractivity contribution is 5.93. The van der Waals surface area contributed by atoms with E-state index < -0.39 is 41.1 Å². The van der Waals surface area contributed by atoms with Gasteiger partial charge in [0.15, 0.2) is 0 Å². The number of nitrogens with zero attached hydrogens (tertiary/aromatic N) is 1. The summed E-state index contributed by atoms with van der Waals surface area (Å²) in [6, 6.07) is 14.7. The molecular weight excluding hydrogens is 496 g/mol. The van der Waals surface area contributed by atoms with Crippen molar-refractivity contribution in [3.05, 3.63) is 71.3 Å². The molecule has 0 aliphatic carbocycles. The summed E-state index contributed by atoms with van der Waals surface area (Å²) in [5, 5.41) is 5.57. The van der Waals surface area contributed by atoms with Crippen LogP contribution < -0.4 is 16.4 Å². The van der Waals surface area contributed by atoms with Crippen LogP contribution in [0.1, 0.15) is 77.1 Å². The molecule has 0 radical (unpaired) electrons. The van der Waals surface area contributed by atoms with E-state index in [9.17, 15) is 19.2 Å². The molecule has 2 atom stereocenters. The molecule has 2 rings (SSSR count). The Balaban J connectivity index is 2.52. The molecule has 2 aromatic carbocycles. The molecule has 4 amide bonds. The van der Waals surface area contributed by atoms with Gasteiger partial charge in [-0.2, -0.15) is 0 Å². The molecule has 4 N–H and O–H groups in total. The van der Waals surface area contributed by atoms with Gasteiger partial charge >= 0.3 is 6.09 Å². The van der Waals surface area contributed by atoms with Crippen LogP contribution in [0.15, 0.2) is 54.6 Å². The minimum absolute atomic E-state index is 0.0494. The first kappa shape index (κ1) is 31.3. The molecule has 0 bridgehead atoms. The van der Waals surface area contributed by atoms with Crippen molar-refractivity contribution in [1.29, 1.82) is 0 Å². The fourth-order valence-electron chi connectivity index (χ4n) is 4.15. The molecule has 0 heterocycles. The van der Waals surface area contributed by atoms with Gasteiger partial charge in [-0.25, -0.2) is 4.79 Å². The fraction of sp³-hybridized carbons (Fsp3) is 0.467. The summed E-state index contributed by atoms with van der Waals surface area (Å²) in [5.74, 6) is -1.52. The minimum Gasteiger partial charge on any atom is -0.444 e. The number of rotatable bonds is 10. The summed E-state index contributed by atoms with van der Waals surface area (Å²) in [6.45, 7) is 12.8. The Kier molecular flexibility index (Phi) is 10.7. The van der Waals surface area contributed by atoms with E-state index in [4.69, 9.17) is 10.5 Å². The van der Waals surface area contributed by atoms with E-state index in [1.807, 2.05) is 76.2 Å². The van der Waals surface area contributed by atoms with Crippen molar-refractivity contribution in [2.45, 2.75) is 91.1 Å². The number of carbonyl (C=O) groups excluding carboxylic acids is 4. The predicted molar refractivity (Wildman–Crippen MR) is 150 cm³/mol. The lowest BCUT2D eigenvalue weighted by atomic mass is 9.94. The smallest absolute Gasteiger partial charge is 0.408 e. The summed E-state index contributed by atoms with van der Waals surface area (Å²) in [6.07, 6.45) is -0.995. The Morgan fingerprint density at radius 2 is 1.59 bits per heavy atom. The zero-order chi connectivity index (χ0) is 29.4. The second-order valence-electron chi connectivity index (χ2n) is 11.6. The van der Waals surface area contributed by atoms with Gasteiger partial charge in [-0.15, -0.1) is 0 Å². The van der Waals surface area contributed by atoms with Crippen LogP contribution in [0, 0.1) is 6.92 Å². The van der Waals surface area contributed by atoms with Gasteiger partial charge in [0.25, 0.3) is 0 Å². The second kappa shape index (κ2) is 13.3. The summed E-state index contributed by atoms with van der Waals surface area (Å²) in [5.41, 5.74) is 6.18. The molecule has 0 spiro atoms. The Morgan fingerprint density at radius 1 is 0.949 bits per heavy atom. The SMILES string of the molecule is Cc1cccc(C(C(=O)NCc2ccccc2)N(C(=O)C(CCC(N)=O)NC(=O)OC(C)(C)C)C(C)(C)C)c1. The zero-order valence-electron chi connectivity index (χ0n) is 24.0. The Hall–Kier alpha value is -3.88. The lowest BCUT2D eigenvalue weighted by Gasteiger charge is -2.43. The number of nitrogens with two attached hydrogens (primary N) is 1. The van der Waals surface area contributed by atoms with Crippen molar-refractivity contribution in [3.8, 4) is 0 Å². The first-order valence-corrected chi connectivity index (χ1v) is 13.1. The standard InChI is InChI=1S/C30H42N4O5/c1-20-12-11-15-22(18-20)25(26(36)32-19-21-13-9-8-10-14-21)34(29(2,3)4)27(37)23(16-17-24(31)35)33-28(38)39-30(5,6)7/h8-15,18,23,25H,16-17,19H2,1-7H3,(H2,31,35)(H,32,36)(H,33,38). The summed E-state index contributed by atoms with van der Waals surface area (Å²) >= 11 is 0. The quantitative estimate of drug-likeness (QED) is 0.419. The van der Waals surface area contributed by atoms with Crippen molar-refractivity contribution < 1.29 is 23.9 Å². The van der Waals surface area contributed by atoms with E-state index in [1.54, 1.807) is 26.8 Å². The number of nitrogens with one attached hydrogen (secondary N) is 2. The maximum absolute atomic E-state index is 14.2. The molecule has 212 valence electrons. The average molecular weight is 539 g/mol. The molecule has 2 unspecified atom stereocenters. The van der Waals surface area contributed by atoms with E-state index in [0.29, 0.717) is 5.56 Å². The van der Waals surface area contributed by atoms with Gasteiger partial charge in [0.2, 0.25) is 17.7 Å². The van der Waals surface area contributed by atoms with Gasteiger partial charge in [0, 0.05) is 18.5 Å².